The molecular formula is C13H14OS. The van der Waals surface area contributed by atoms with Gasteiger partial charge in [-0.25, -0.2) is 0 Å². The average Bonchev–Trinajstić information content (AvgIpc) is 2.19. The maximum atomic E-state index is 11.9. The zero-order valence-electron chi connectivity index (χ0n) is 9.20. The molecule has 0 radical (unpaired) electrons. The Morgan fingerprint density at radius 3 is 2.60 bits per heavy atom. The number of hydrogen-bond acceptors (Lipinski definition) is 2. The lowest BCUT2D eigenvalue weighted by molar-refractivity contribution is 0.875. The molecule has 0 saturated heterocycles. The number of aryl methyl sites for hydroxylation is 1. The average molecular weight is 218 g/mol. The summed E-state index contributed by atoms with van der Waals surface area (Å²) in [6, 6.07) is 5.85. The zero-order chi connectivity index (χ0) is 11.0. The van der Waals surface area contributed by atoms with E-state index in [2.05, 4.69) is 32.9 Å². The normalized spacial score (nSPS) is 11.2. The summed E-state index contributed by atoms with van der Waals surface area (Å²) in [6.45, 7) is 6.31. The first-order valence-electron chi connectivity index (χ1n) is 5.12. The van der Waals surface area contributed by atoms with E-state index in [0.717, 1.165) is 15.6 Å². The van der Waals surface area contributed by atoms with Crippen molar-refractivity contribution >= 4 is 21.4 Å². The summed E-state index contributed by atoms with van der Waals surface area (Å²) in [6.07, 6.45) is 0. The molecule has 2 aromatic rings. The van der Waals surface area contributed by atoms with Gasteiger partial charge in [0.15, 0.2) is 5.43 Å². The van der Waals surface area contributed by atoms with E-state index in [4.69, 9.17) is 0 Å². The second-order valence-corrected chi connectivity index (χ2v) is 5.03. The molecule has 1 heterocycles. The van der Waals surface area contributed by atoms with Gasteiger partial charge in [-0.3, -0.25) is 4.79 Å². The highest BCUT2D eigenvalue weighted by atomic mass is 32.1. The maximum absolute atomic E-state index is 11.9. The Morgan fingerprint density at radius 1 is 1.20 bits per heavy atom. The Balaban J connectivity index is 2.97. The van der Waals surface area contributed by atoms with Crippen molar-refractivity contribution in [2.45, 2.75) is 26.7 Å². The molecule has 2 rings (SSSR count). The fourth-order valence-corrected chi connectivity index (χ4v) is 2.75. The molecule has 1 aromatic carbocycles. The molecule has 0 saturated carbocycles. The summed E-state index contributed by atoms with van der Waals surface area (Å²) >= 11 is 1.65. The van der Waals surface area contributed by atoms with E-state index < -0.39 is 0 Å². The minimum absolute atomic E-state index is 0.149. The topological polar surface area (TPSA) is 17.1 Å². The molecule has 0 fully saturated rings. The molecule has 0 bridgehead atoms. The van der Waals surface area contributed by atoms with Crippen LogP contribution in [0.15, 0.2) is 28.4 Å². The summed E-state index contributed by atoms with van der Waals surface area (Å²) < 4.78 is 1.13. The Morgan fingerprint density at radius 2 is 1.93 bits per heavy atom. The van der Waals surface area contributed by atoms with Crippen molar-refractivity contribution in [2.24, 2.45) is 0 Å². The van der Waals surface area contributed by atoms with Crippen LogP contribution in [0.5, 0.6) is 0 Å². The highest BCUT2D eigenvalue weighted by molar-refractivity contribution is 7.16. The van der Waals surface area contributed by atoms with Crippen LogP contribution < -0.4 is 5.43 Å². The summed E-state index contributed by atoms with van der Waals surface area (Å²) in [5.74, 6) is 0.399. The van der Waals surface area contributed by atoms with Gasteiger partial charge in [-0.15, -0.1) is 11.3 Å². The van der Waals surface area contributed by atoms with Crippen molar-refractivity contribution in [1.29, 1.82) is 0 Å². The summed E-state index contributed by atoms with van der Waals surface area (Å²) in [5.41, 5.74) is 2.51. The molecule has 0 aliphatic carbocycles. The van der Waals surface area contributed by atoms with Gasteiger partial charge in [-0.2, -0.15) is 0 Å². The largest absolute Gasteiger partial charge is 0.289 e. The molecular weight excluding hydrogens is 204 g/mol. The maximum Gasteiger partial charge on any atom is 0.188 e. The molecule has 1 aromatic heterocycles. The van der Waals surface area contributed by atoms with Crippen LogP contribution in [-0.2, 0) is 0 Å². The first kappa shape index (κ1) is 10.4. The Labute approximate surface area is 93.4 Å². The number of rotatable bonds is 1. The van der Waals surface area contributed by atoms with Gasteiger partial charge in [-0.05, 0) is 35.4 Å². The van der Waals surface area contributed by atoms with E-state index in [1.54, 1.807) is 17.4 Å². The van der Waals surface area contributed by atoms with Gasteiger partial charge >= 0.3 is 0 Å². The molecule has 0 aliphatic heterocycles. The van der Waals surface area contributed by atoms with Gasteiger partial charge in [0.1, 0.15) is 0 Å². The Hall–Kier alpha value is -1.15. The first-order valence-corrected chi connectivity index (χ1v) is 6.00. The molecule has 15 heavy (non-hydrogen) atoms. The highest BCUT2D eigenvalue weighted by Crippen LogP contribution is 2.27. The minimum Gasteiger partial charge on any atom is -0.289 e. The number of fused-ring (bicyclic) bond motifs is 1. The van der Waals surface area contributed by atoms with Crippen molar-refractivity contribution in [3.8, 4) is 0 Å². The third kappa shape index (κ3) is 1.70. The van der Waals surface area contributed by atoms with Crippen molar-refractivity contribution in [1.82, 2.24) is 0 Å². The van der Waals surface area contributed by atoms with Crippen LogP contribution in [0.1, 0.15) is 30.9 Å². The molecule has 0 spiro atoms. The molecule has 0 atom stereocenters. The fourth-order valence-electron chi connectivity index (χ4n) is 1.84. The minimum atomic E-state index is 0.149. The third-order valence-electron chi connectivity index (χ3n) is 2.66. The van der Waals surface area contributed by atoms with E-state index in [0.29, 0.717) is 5.92 Å². The molecule has 0 amide bonds. The van der Waals surface area contributed by atoms with Crippen LogP contribution in [0.4, 0.5) is 0 Å². The van der Waals surface area contributed by atoms with E-state index in [1.807, 2.05) is 5.38 Å². The van der Waals surface area contributed by atoms with E-state index in [-0.39, 0.29) is 5.43 Å². The van der Waals surface area contributed by atoms with Gasteiger partial charge in [0.2, 0.25) is 0 Å². The monoisotopic (exact) mass is 218 g/mol. The lowest BCUT2D eigenvalue weighted by atomic mass is 9.97. The quantitative estimate of drug-likeness (QED) is 0.713. The van der Waals surface area contributed by atoms with Crippen molar-refractivity contribution < 1.29 is 0 Å². The smallest absolute Gasteiger partial charge is 0.188 e. The lowest BCUT2D eigenvalue weighted by Gasteiger charge is -2.10. The molecule has 0 aliphatic rings. The van der Waals surface area contributed by atoms with Crippen LogP contribution in [-0.4, -0.2) is 0 Å². The molecule has 78 valence electrons. The third-order valence-corrected chi connectivity index (χ3v) is 3.69. The molecule has 0 N–H and O–H groups in total. The van der Waals surface area contributed by atoms with Crippen molar-refractivity contribution in [3.05, 3.63) is 44.9 Å². The standard InChI is InChI=1S/C13H14OS/c1-8(2)10-5-4-9(3)13-12(10)11(14)6-7-15-13/h4-8H,1-3H3. The highest BCUT2D eigenvalue weighted by Gasteiger charge is 2.09. The molecule has 1 nitrogen and oxygen atoms in total. The SMILES string of the molecule is Cc1ccc(C(C)C)c2c(=O)ccsc12. The zero-order valence-corrected chi connectivity index (χ0v) is 10.0. The number of benzene rings is 1. The van der Waals surface area contributed by atoms with Crippen LogP contribution in [0.3, 0.4) is 0 Å². The predicted octanol–water partition coefficient (Wildman–Crippen LogP) is 3.69. The van der Waals surface area contributed by atoms with Gasteiger partial charge in [0, 0.05) is 10.1 Å². The summed E-state index contributed by atoms with van der Waals surface area (Å²) in [5, 5.41) is 2.79. The second-order valence-electron chi connectivity index (χ2n) is 4.12. The lowest BCUT2D eigenvalue weighted by Crippen LogP contribution is -2.03. The molecule has 0 unspecified atom stereocenters. The van der Waals surface area contributed by atoms with Gasteiger partial charge in [0.25, 0.3) is 0 Å². The van der Waals surface area contributed by atoms with Crippen molar-refractivity contribution in [2.75, 3.05) is 0 Å². The van der Waals surface area contributed by atoms with Crippen LogP contribution in [0, 0.1) is 6.92 Å². The number of hydrogen-bond donors (Lipinski definition) is 0. The fraction of sp³-hybridized carbons (Fsp3) is 0.308. The second kappa shape index (κ2) is 3.78. The van der Waals surface area contributed by atoms with E-state index >= 15 is 0 Å². The first-order chi connectivity index (χ1) is 7.11. The summed E-state index contributed by atoms with van der Waals surface area (Å²) in [7, 11) is 0. The van der Waals surface area contributed by atoms with Crippen LogP contribution >= 0.6 is 11.3 Å². The van der Waals surface area contributed by atoms with Crippen LogP contribution in [0.25, 0.3) is 10.1 Å². The van der Waals surface area contributed by atoms with Crippen LogP contribution in [0.2, 0.25) is 0 Å². The van der Waals surface area contributed by atoms with Gasteiger partial charge in [-0.1, -0.05) is 26.0 Å². The van der Waals surface area contributed by atoms with E-state index in [1.165, 1.54) is 5.56 Å². The Bertz CT molecular complexity index is 552. The predicted molar refractivity (Wildman–Crippen MR) is 66.9 cm³/mol. The van der Waals surface area contributed by atoms with E-state index in [9.17, 15) is 4.79 Å². The Kier molecular flexibility index (Phi) is 2.61. The summed E-state index contributed by atoms with van der Waals surface area (Å²) in [4.78, 5) is 11.9. The van der Waals surface area contributed by atoms with Gasteiger partial charge in [0.05, 0.1) is 0 Å². The van der Waals surface area contributed by atoms with Gasteiger partial charge < -0.3 is 0 Å². The van der Waals surface area contributed by atoms with Crippen molar-refractivity contribution in [3.63, 3.8) is 0 Å². The molecule has 2 heteroatoms.